The van der Waals surface area contributed by atoms with Gasteiger partial charge in [0.15, 0.2) is 0 Å². The Labute approximate surface area is 177 Å². The second-order valence-electron chi connectivity index (χ2n) is 7.05. The number of aromatic nitrogens is 2. The van der Waals surface area contributed by atoms with Crippen molar-refractivity contribution < 1.29 is 9.59 Å². The number of anilines is 2. The maximum atomic E-state index is 12.1. The number of nitrogens with zero attached hydrogens (tertiary/aromatic N) is 2. The van der Waals surface area contributed by atoms with E-state index in [9.17, 15) is 9.59 Å². The fourth-order valence-corrected chi connectivity index (χ4v) is 2.91. The van der Waals surface area contributed by atoms with Gasteiger partial charge < -0.3 is 10.6 Å². The Balaban J connectivity index is 0.000000232. The Kier molecular flexibility index (Phi) is 8.23. The molecule has 2 heterocycles. The van der Waals surface area contributed by atoms with Crippen molar-refractivity contribution in [3.63, 3.8) is 0 Å². The van der Waals surface area contributed by atoms with E-state index in [1.807, 2.05) is 45.0 Å². The molecule has 0 atom stereocenters. The molecule has 2 amide bonds. The number of carbonyl (C=O) groups excluding carboxylic acids is 2. The van der Waals surface area contributed by atoms with Crippen LogP contribution in [0.3, 0.4) is 0 Å². The number of hydrogen-bond donors (Lipinski definition) is 2. The van der Waals surface area contributed by atoms with Crippen LogP contribution in [0.1, 0.15) is 46.6 Å². The van der Waals surface area contributed by atoms with Gasteiger partial charge in [0.1, 0.15) is 5.82 Å². The smallest absolute Gasteiger partial charge is 0.257 e. The first kappa shape index (κ1) is 22.7. The van der Waals surface area contributed by atoms with Crippen molar-refractivity contribution in [3.05, 3.63) is 82.8 Å². The summed E-state index contributed by atoms with van der Waals surface area (Å²) < 4.78 is 0. The molecule has 6 nitrogen and oxygen atoms in total. The molecule has 0 unspecified atom stereocenters. The summed E-state index contributed by atoms with van der Waals surface area (Å²) in [7, 11) is 0. The Morgan fingerprint density at radius 3 is 2.20 bits per heavy atom. The minimum absolute atomic E-state index is 0.0873. The number of hydrogen-bond acceptors (Lipinski definition) is 4. The molecule has 0 aliphatic rings. The Morgan fingerprint density at radius 2 is 1.60 bits per heavy atom. The highest BCUT2D eigenvalue weighted by Crippen LogP contribution is 2.15. The van der Waals surface area contributed by atoms with Gasteiger partial charge in [-0.3, -0.25) is 14.6 Å². The first-order valence-corrected chi connectivity index (χ1v) is 9.82. The Morgan fingerprint density at radius 1 is 0.900 bits per heavy atom. The van der Waals surface area contributed by atoms with Crippen LogP contribution in [-0.4, -0.2) is 21.8 Å². The summed E-state index contributed by atoms with van der Waals surface area (Å²) in [5, 5.41) is 5.53. The topological polar surface area (TPSA) is 84.0 Å². The normalized spacial score (nSPS) is 9.90. The third-order valence-electron chi connectivity index (χ3n) is 4.27. The van der Waals surface area contributed by atoms with Gasteiger partial charge in [0.25, 0.3) is 5.91 Å². The minimum Gasteiger partial charge on any atom is -0.322 e. The number of carbonyl (C=O) groups is 2. The van der Waals surface area contributed by atoms with Crippen LogP contribution < -0.4 is 10.6 Å². The molecule has 3 rings (SSSR count). The molecule has 2 aromatic heterocycles. The molecule has 30 heavy (non-hydrogen) atoms. The second-order valence-corrected chi connectivity index (χ2v) is 7.05. The van der Waals surface area contributed by atoms with Crippen LogP contribution in [0, 0.1) is 20.8 Å². The van der Waals surface area contributed by atoms with Gasteiger partial charge in [-0.1, -0.05) is 13.0 Å². The molecule has 0 bridgehead atoms. The average Bonchev–Trinajstić information content (AvgIpc) is 2.67. The third-order valence-corrected chi connectivity index (χ3v) is 4.27. The molecule has 6 heteroatoms. The Bertz CT molecular complexity index is 1010. The van der Waals surface area contributed by atoms with E-state index >= 15 is 0 Å². The number of aryl methyl sites for hydroxylation is 4. The molecule has 0 radical (unpaired) electrons. The summed E-state index contributed by atoms with van der Waals surface area (Å²) in [6, 6.07) is 13.3. The highest BCUT2D eigenvalue weighted by Gasteiger charge is 2.09. The van der Waals surface area contributed by atoms with Gasteiger partial charge in [-0.2, -0.15) is 0 Å². The quantitative estimate of drug-likeness (QED) is 0.650. The standard InChI is InChI=1S/C15H16N2O.C9H12N2O/c1-10-7-11(2)9-13(8-10)17-15(18)14-5-4-6-16-12(14)3;1-3-8-4-5-10-9(6-8)11-7(2)12/h4-9H,1-3H3,(H,17,18);4-6H,3H2,1-2H3,(H,10,11,12). The van der Waals surface area contributed by atoms with Crippen LogP contribution in [0.4, 0.5) is 11.5 Å². The first-order chi connectivity index (χ1) is 14.3. The van der Waals surface area contributed by atoms with Crippen molar-refractivity contribution in [1.29, 1.82) is 0 Å². The van der Waals surface area contributed by atoms with Gasteiger partial charge in [-0.15, -0.1) is 0 Å². The van der Waals surface area contributed by atoms with E-state index in [1.54, 1.807) is 24.5 Å². The van der Waals surface area contributed by atoms with E-state index in [-0.39, 0.29) is 11.8 Å². The van der Waals surface area contributed by atoms with Crippen LogP contribution in [-0.2, 0) is 11.2 Å². The molecule has 2 N–H and O–H groups in total. The number of benzene rings is 1. The molecule has 0 saturated heterocycles. The lowest BCUT2D eigenvalue weighted by Gasteiger charge is -2.08. The SMILES string of the molecule is CCc1ccnc(NC(C)=O)c1.Cc1cc(C)cc(NC(=O)c2cccnc2C)c1. The maximum absolute atomic E-state index is 12.1. The number of rotatable bonds is 4. The summed E-state index contributed by atoms with van der Waals surface area (Å²) in [5.41, 5.74) is 5.60. The van der Waals surface area contributed by atoms with Gasteiger partial charge >= 0.3 is 0 Å². The van der Waals surface area contributed by atoms with Crippen molar-refractivity contribution in [3.8, 4) is 0 Å². The van der Waals surface area contributed by atoms with E-state index in [0.717, 1.165) is 28.9 Å². The van der Waals surface area contributed by atoms with Gasteiger partial charge in [-0.25, -0.2) is 4.98 Å². The summed E-state index contributed by atoms with van der Waals surface area (Å²) in [6.07, 6.45) is 4.34. The van der Waals surface area contributed by atoms with E-state index < -0.39 is 0 Å². The molecular formula is C24H28N4O2. The molecule has 3 aromatic rings. The molecule has 0 fully saturated rings. The fraction of sp³-hybridized carbons (Fsp3) is 0.250. The summed E-state index contributed by atoms with van der Waals surface area (Å²) in [6.45, 7) is 9.39. The molecule has 156 valence electrons. The minimum atomic E-state index is -0.120. The van der Waals surface area contributed by atoms with Crippen molar-refractivity contribution in [2.45, 2.75) is 41.0 Å². The molecule has 0 aliphatic heterocycles. The maximum Gasteiger partial charge on any atom is 0.257 e. The van der Waals surface area contributed by atoms with Crippen LogP contribution in [0.25, 0.3) is 0 Å². The summed E-state index contributed by atoms with van der Waals surface area (Å²) in [4.78, 5) is 30.9. The van der Waals surface area contributed by atoms with Crippen LogP contribution >= 0.6 is 0 Å². The van der Waals surface area contributed by atoms with Crippen molar-refractivity contribution in [2.75, 3.05) is 10.6 Å². The van der Waals surface area contributed by atoms with Crippen LogP contribution in [0.5, 0.6) is 0 Å². The van der Waals surface area contributed by atoms with E-state index in [2.05, 4.69) is 33.6 Å². The van der Waals surface area contributed by atoms with Gasteiger partial charge in [0.2, 0.25) is 5.91 Å². The van der Waals surface area contributed by atoms with Crippen molar-refractivity contribution >= 4 is 23.3 Å². The second kappa shape index (κ2) is 10.9. The summed E-state index contributed by atoms with van der Waals surface area (Å²) >= 11 is 0. The fourth-order valence-electron chi connectivity index (χ4n) is 2.91. The monoisotopic (exact) mass is 404 g/mol. The van der Waals surface area contributed by atoms with Crippen LogP contribution in [0.2, 0.25) is 0 Å². The van der Waals surface area contributed by atoms with Crippen LogP contribution in [0.15, 0.2) is 54.9 Å². The zero-order chi connectivity index (χ0) is 22.1. The molecule has 0 spiro atoms. The molecule has 0 saturated carbocycles. The zero-order valence-corrected chi connectivity index (χ0v) is 18.1. The van der Waals surface area contributed by atoms with E-state index in [0.29, 0.717) is 11.4 Å². The van der Waals surface area contributed by atoms with Crippen molar-refractivity contribution in [1.82, 2.24) is 9.97 Å². The molecule has 0 aliphatic carbocycles. The summed E-state index contributed by atoms with van der Waals surface area (Å²) in [5.74, 6) is 0.420. The van der Waals surface area contributed by atoms with E-state index in [1.165, 1.54) is 12.5 Å². The highest BCUT2D eigenvalue weighted by atomic mass is 16.2. The molecular weight excluding hydrogens is 376 g/mol. The largest absolute Gasteiger partial charge is 0.322 e. The third kappa shape index (κ3) is 7.13. The number of amides is 2. The van der Waals surface area contributed by atoms with Crippen molar-refractivity contribution in [2.24, 2.45) is 0 Å². The predicted octanol–water partition coefficient (Wildman–Crippen LogP) is 4.86. The van der Waals surface area contributed by atoms with Gasteiger partial charge in [-0.05, 0) is 80.3 Å². The molecule has 1 aromatic carbocycles. The first-order valence-electron chi connectivity index (χ1n) is 9.82. The van der Waals surface area contributed by atoms with E-state index in [4.69, 9.17) is 0 Å². The number of pyridine rings is 2. The van der Waals surface area contributed by atoms with Gasteiger partial charge in [0, 0.05) is 30.7 Å². The number of nitrogens with one attached hydrogen (secondary N) is 2. The average molecular weight is 405 g/mol. The highest BCUT2D eigenvalue weighted by molar-refractivity contribution is 6.05. The Hall–Kier alpha value is -3.54. The lowest BCUT2D eigenvalue weighted by atomic mass is 10.1. The lowest BCUT2D eigenvalue weighted by molar-refractivity contribution is -0.114. The zero-order valence-electron chi connectivity index (χ0n) is 18.1. The lowest BCUT2D eigenvalue weighted by Crippen LogP contribution is -2.14. The predicted molar refractivity (Wildman–Crippen MR) is 121 cm³/mol. The van der Waals surface area contributed by atoms with Gasteiger partial charge in [0.05, 0.1) is 5.56 Å².